The van der Waals surface area contributed by atoms with Crippen molar-refractivity contribution in [2.24, 2.45) is 0 Å². The van der Waals surface area contributed by atoms with E-state index in [0.29, 0.717) is 0 Å². The monoisotopic (exact) mass is 369 g/mol. The third-order valence-electron chi connectivity index (χ3n) is 5.09. The van der Waals surface area contributed by atoms with Crippen LogP contribution in [-0.4, -0.2) is 39.7 Å². The Morgan fingerprint density at radius 1 is 1.22 bits per heavy atom. The fourth-order valence-corrected chi connectivity index (χ4v) is 3.80. The summed E-state index contributed by atoms with van der Waals surface area (Å²) in [5.41, 5.74) is 2.63. The first-order valence-corrected chi connectivity index (χ1v) is 9.45. The predicted octanol–water partition coefficient (Wildman–Crippen LogP) is 3.80. The fourth-order valence-electron chi connectivity index (χ4n) is 3.80. The summed E-state index contributed by atoms with van der Waals surface area (Å²) in [6.07, 6.45) is 3.31. The number of aromatic nitrogens is 2. The normalized spacial score (nSPS) is 18.1. The van der Waals surface area contributed by atoms with Crippen molar-refractivity contribution in [3.8, 4) is 5.75 Å². The van der Waals surface area contributed by atoms with Crippen molar-refractivity contribution in [2.75, 3.05) is 19.8 Å². The van der Waals surface area contributed by atoms with Gasteiger partial charge in [0.2, 0.25) is 0 Å². The molecule has 1 aliphatic rings. The molecule has 0 amide bonds. The second-order valence-corrected chi connectivity index (χ2v) is 6.95. The Labute approximate surface area is 157 Å². The first kappa shape index (κ1) is 17.9. The molecule has 2 N–H and O–H groups in total. The molecule has 4 rings (SSSR count). The maximum absolute atomic E-state index is 13.5. The van der Waals surface area contributed by atoms with E-state index in [2.05, 4.69) is 16.0 Å². The van der Waals surface area contributed by atoms with Gasteiger partial charge in [0.05, 0.1) is 23.7 Å². The van der Waals surface area contributed by atoms with Gasteiger partial charge in [-0.3, -0.25) is 4.90 Å². The molecule has 0 saturated carbocycles. The average molecular weight is 369 g/mol. The van der Waals surface area contributed by atoms with Crippen molar-refractivity contribution in [1.29, 1.82) is 0 Å². The van der Waals surface area contributed by atoms with E-state index in [1.807, 2.05) is 18.2 Å². The molecule has 0 spiro atoms. The number of rotatable bonds is 6. The second-order valence-electron chi connectivity index (χ2n) is 6.95. The molecule has 2 aromatic carbocycles. The number of ether oxygens (including phenoxy) is 1. The zero-order valence-electron chi connectivity index (χ0n) is 15.2. The van der Waals surface area contributed by atoms with Crippen LogP contribution in [0.1, 0.15) is 36.7 Å². The van der Waals surface area contributed by atoms with Crippen LogP contribution >= 0.6 is 0 Å². The second kappa shape index (κ2) is 8.06. The number of nitrogens with one attached hydrogen (secondary N) is 1. The molecule has 0 bridgehead atoms. The lowest BCUT2D eigenvalue weighted by molar-refractivity contribution is 0.131. The van der Waals surface area contributed by atoms with E-state index in [1.54, 1.807) is 6.07 Å². The van der Waals surface area contributed by atoms with Gasteiger partial charge in [-0.1, -0.05) is 24.6 Å². The zero-order chi connectivity index (χ0) is 18.6. The lowest BCUT2D eigenvalue weighted by Crippen LogP contribution is -2.33. The van der Waals surface area contributed by atoms with Crippen LogP contribution in [0.5, 0.6) is 5.75 Å². The van der Waals surface area contributed by atoms with Crippen LogP contribution in [-0.2, 0) is 6.54 Å². The summed E-state index contributed by atoms with van der Waals surface area (Å²) in [6, 6.07) is 12.8. The van der Waals surface area contributed by atoms with Gasteiger partial charge in [-0.2, -0.15) is 0 Å². The van der Waals surface area contributed by atoms with E-state index in [0.717, 1.165) is 60.5 Å². The maximum atomic E-state index is 13.5. The molecule has 1 saturated heterocycles. The smallest absolute Gasteiger partial charge is 0.125 e. The number of aromatic amines is 1. The Hall–Kier alpha value is -2.44. The minimum absolute atomic E-state index is 0.00375. The van der Waals surface area contributed by atoms with Gasteiger partial charge in [-0.05, 0) is 43.7 Å². The van der Waals surface area contributed by atoms with Gasteiger partial charge in [-0.25, -0.2) is 9.37 Å². The molecule has 1 fully saturated rings. The summed E-state index contributed by atoms with van der Waals surface area (Å²) in [6.45, 7) is 2.01. The molecule has 0 unspecified atom stereocenters. The van der Waals surface area contributed by atoms with Crippen LogP contribution in [0, 0.1) is 5.82 Å². The van der Waals surface area contributed by atoms with Gasteiger partial charge in [0.1, 0.15) is 24.0 Å². The Kier molecular flexibility index (Phi) is 5.36. The number of fused-ring (bicyclic) bond motifs is 1. The van der Waals surface area contributed by atoms with Gasteiger partial charge in [-0.15, -0.1) is 0 Å². The third-order valence-corrected chi connectivity index (χ3v) is 5.09. The molecule has 1 aliphatic heterocycles. The number of para-hydroxylation sites is 1. The van der Waals surface area contributed by atoms with E-state index in [9.17, 15) is 4.39 Å². The molecular formula is C21H24FN3O2. The summed E-state index contributed by atoms with van der Waals surface area (Å²) in [4.78, 5) is 10.4. The van der Waals surface area contributed by atoms with E-state index < -0.39 is 0 Å². The highest BCUT2D eigenvalue weighted by Gasteiger charge is 2.27. The number of imidazole rings is 1. The highest BCUT2D eigenvalue weighted by atomic mass is 19.1. The maximum Gasteiger partial charge on any atom is 0.125 e. The van der Waals surface area contributed by atoms with Gasteiger partial charge < -0.3 is 14.8 Å². The van der Waals surface area contributed by atoms with E-state index in [1.165, 1.54) is 12.1 Å². The Morgan fingerprint density at radius 2 is 2.11 bits per heavy atom. The quantitative estimate of drug-likeness (QED) is 0.694. The van der Waals surface area contributed by atoms with Gasteiger partial charge in [0, 0.05) is 12.1 Å². The number of hydrogen-bond donors (Lipinski definition) is 2. The number of halogens is 1. The molecule has 6 heteroatoms. The summed E-state index contributed by atoms with van der Waals surface area (Å²) >= 11 is 0. The number of benzene rings is 2. The van der Waals surface area contributed by atoms with Gasteiger partial charge in [0.15, 0.2) is 0 Å². The van der Waals surface area contributed by atoms with Crippen LogP contribution in [0.25, 0.3) is 11.0 Å². The number of H-pyrrole nitrogens is 1. The van der Waals surface area contributed by atoms with Crippen molar-refractivity contribution < 1.29 is 14.2 Å². The molecule has 0 aliphatic carbocycles. The van der Waals surface area contributed by atoms with Crippen molar-refractivity contribution in [1.82, 2.24) is 14.9 Å². The SMILES string of the molecule is OCCOc1ccccc1CN1CCCC[C@@H]1c1nc2ccc(F)cc2[nH]1. The Bertz CT molecular complexity index is 911. The first-order valence-electron chi connectivity index (χ1n) is 9.45. The van der Waals surface area contributed by atoms with Gasteiger partial charge >= 0.3 is 0 Å². The lowest BCUT2D eigenvalue weighted by atomic mass is 10.0. The largest absolute Gasteiger partial charge is 0.491 e. The van der Waals surface area contributed by atoms with Crippen molar-refractivity contribution in [3.63, 3.8) is 0 Å². The van der Waals surface area contributed by atoms with Crippen LogP contribution in [0.15, 0.2) is 42.5 Å². The van der Waals surface area contributed by atoms with Crippen LogP contribution in [0.2, 0.25) is 0 Å². The van der Waals surface area contributed by atoms with Crippen molar-refractivity contribution in [3.05, 3.63) is 59.7 Å². The van der Waals surface area contributed by atoms with Crippen LogP contribution in [0.4, 0.5) is 4.39 Å². The number of likely N-dealkylation sites (tertiary alicyclic amines) is 1. The number of aliphatic hydroxyl groups is 1. The molecule has 0 radical (unpaired) electrons. The Morgan fingerprint density at radius 3 is 3.00 bits per heavy atom. The number of piperidine rings is 1. The zero-order valence-corrected chi connectivity index (χ0v) is 15.2. The van der Waals surface area contributed by atoms with Crippen LogP contribution in [0.3, 0.4) is 0 Å². The highest BCUT2D eigenvalue weighted by molar-refractivity contribution is 5.75. The van der Waals surface area contributed by atoms with E-state index in [4.69, 9.17) is 14.8 Å². The summed E-state index contributed by atoms with van der Waals surface area (Å²) in [5.74, 6) is 1.44. The molecule has 5 nitrogen and oxygen atoms in total. The number of hydrogen-bond acceptors (Lipinski definition) is 4. The van der Waals surface area contributed by atoms with Crippen molar-refractivity contribution >= 4 is 11.0 Å². The molecule has 2 heterocycles. The van der Waals surface area contributed by atoms with E-state index in [-0.39, 0.29) is 25.1 Å². The molecule has 27 heavy (non-hydrogen) atoms. The van der Waals surface area contributed by atoms with Crippen molar-refractivity contribution in [2.45, 2.75) is 31.8 Å². The fraction of sp³-hybridized carbons (Fsp3) is 0.381. The topological polar surface area (TPSA) is 61.4 Å². The molecule has 1 atom stereocenters. The standard InChI is InChI=1S/C21H24FN3O2/c22-16-8-9-17-18(13-16)24-21(23-17)19-6-3-4-10-25(19)14-15-5-1-2-7-20(15)27-12-11-26/h1-2,5,7-9,13,19,26H,3-4,6,10-12,14H2,(H,23,24)/t19-/m1/s1. The minimum atomic E-state index is -0.256. The predicted molar refractivity (Wildman–Crippen MR) is 102 cm³/mol. The van der Waals surface area contributed by atoms with E-state index >= 15 is 0 Å². The summed E-state index contributed by atoms with van der Waals surface area (Å²) < 4.78 is 19.2. The average Bonchev–Trinajstić information content (AvgIpc) is 3.10. The molecule has 1 aromatic heterocycles. The third kappa shape index (κ3) is 3.96. The number of nitrogens with zero attached hydrogens (tertiary/aromatic N) is 2. The molecule has 3 aromatic rings. The molecular weight excluding hydrogens is 345 g/mol. The van der Waals surface area contributed by atoms with Gasteiger partial charge in [0.25, 0.3) is 0 Å². The minimum Gasteiger partial charge on any atom is -0.491 e. The first-order chi connectivity index (χ1) is 13.2. The Balaban J connectivity index is 1.59. The lowest BCUT2D eigenvalue weighted by Gasteiger charge is -2.34. The molecule has 142 valence electrons. The van der Waals surface area contributed by atoms with Crippen LogP contribution < -0.4 is 4.74 Å². The summed E-state index contributed by atoms with van der Waals surface area (Å²) in [5, 5.41) is 9.04. The highest BCUT2D eigenvalue weighted by Crippen LogP contribution is 2.33. The summed E-state index contributed by atoms with van der Waals surface area (Å²) in [7, 11) is 0. The number of aliphatic hydroxyl groups excluding tert-OH is 1.